The average molecular weight is 1430 g/mol. The van der Waals surface area contributed by atoms with E-state index in [1.54, 1.807) is 66.1 Å². The second-order valence-corrected chi connectivity index (χ2v) is 19.6. The first-order valence-corrected chi connectivity index (χ1v) is 26.8. The minimum atomic E-state index is -4.60. The van der Waals surface area contributed by atoms with Crippen LogP contribution < -0.4 is 4.74 Å². The molecule has 0 saturated carbocycles. The molecule has 0 amide bonds. The summed E-state index contributed by atoms with van der Waals surface area (Å²) >= 11 is 0. The number of pyridine rings is 2. The Hall–Kier alpha value is -9.80. The molecule has 0 saturated heterocycles. The molecule has 0 atom stereocenters. The van der Waals surface area contributed by atoms with Crippen molar-refractivity contribution in [2.24, 2.45) is 0 Å². The van der Waals surface area contributed by atoms with Crippen molar-refractivity contribution in [3.63, 3.8) is 0 Å². The number of halogens is 24. The number of aromatic hydroxyl groups is 1. The Kier molecular flexibility index (Phi) is 33.1. The Morgan fingerprint density at radius 1 is 0.286 bits per heavy atom. The van der Waals surface area contributed by atoms with Gasteiger partial charge in [0, 0.05) is 55.3 Å². The van der Waals surface area contributed by atoms with Crippen LogP contribution in [0.1, 0.15) is 95.9 Å². The molecule has 0 radical (unpaired) electrons. The number of ether oxygens (including phenoxy) is 1. The van der Waals surface area contributed by atoms with Crippen LogP contribution in [0.25, 0.3) is 0 Å². The summed E-state index contributed by atoms with van der Waals surface area (Å²) in [5.74, 6) is -1.28. The first-order chi connectivity index (χ1) is 44.7. The third-order valence-electron chi connectivity index (χ3n) is 10.8. The first-order valence-electron chi connectivity index (χ1n) is 26.8. The normalized spacial score (nSPS) is 11.4. The molecule has 9 rings (SSSR count). The van der Waals surface area contributed by atoms with E-state index in [1.165, 1.54) is 68.6 Å². The number of phenolic OH excluding ortho intramolecular Hbond substituents is 1. The van der Waals surface area contributed by atoms with Gasteiger partial charge in [-0.2, -0.15) is 97.3 Å². The van der Waals surface area contributed by atoms with E-state index in [9.17, 15) is 105 Å². The summed E-state index contributed by atoms with van der Waals surface area (Å²) in [5, 5.41) is 15.2. The van der Waals surface area contributed by atoms with Crippen LogP contribution in [0.4, 0.5) is 105 Å². The number of hydrogen-bond donors (Lipinski definition) is 1. The maximum atomic E-state index is 12.0. The van der Waals surface area contributed by atoms with Gasteiger partial charge in [0.25, 0.3) is 0 Å². The molecular formula is C62H56F24N10O2. The Labute approximate surface area is 543 Å². The molecule has 0 spiro atoms. The smallest absolute Gasteiger partial charge is 0.508 e. The zero-order valence-electron chi connectivity index (χ0n) is 52.3. The van der Waals surface area contributed by atoms with E-state index in [-0.39, 0.29) is 11.5 Å². The molecule has 6 aromatic heterocycles. The minimum absolute atomic E-state index is 0.187. The van der Waals surface area contributed by atoms with E-state index < -0.39 is 89.1 Å². The van der Waals surface area contributed by atoms with Crippen molar-refractivity contribution in [2.45, 2.75) is 119 Å². The second-order valence-electron chi connectivity index (χ2n) is 19.6. The van der Waals surface area contributed by atoms with Gasteiger partial charge in [0.2, 0.25) is 5.82 Å². The number of benzene rings is 3. The third kappa shape index (κ3) is 36.9. The predicted molar refractivity (Wildman–Crippen MR) is 307 cm³/mol. The van der Waals surface area contributed by atoms with Crippen molar-refractivity contribution in [1.82, 2.24) is 50.1 Å². The first kappa shape index (κ1) is 86.2. The van der Waals surface area contributed by atoms with Gasteiger partial charge in [-0.1, -0.05) is 47.5 Å². The van der Waals surface area contributed by atoms with E-state index in [1.807, 2.05) is 13.8 Å². The summed E-state index contributed by atoms with van der Waals surface area (Å²) in [6.45, 7) is 17.0. The van der Waals surface area contributed by atoms with E-state index in [4.69, 9.17) is 5.11 Å². The third-order valence-corrected chi connectivity index (χ3v) is 10.8. The monoisotopic (exact) mass is 1430 g/mol. The molecule has 6 heterocycles. The quantitative estimate of drug-likeness (QED) is 0.155. The summed E-state index contributed by atoms with van der Waals surface area (Å²) in [6, 6.07) is 20.5. The molecule has 36 heteroatoms. The van der Waals surface area contributed by atoms with Crippen LogP contribution in [0, 0.1) is 69.2 Å². The van der Waals surface area contributed by atoms with Crippen molar-refractivity contribution in [3.8, 4) is 11.5 Å². The number of rotatable bonds is 1. The summed E-state index contributed by atoms with van der Waals surface area (Å²) in [6.07, 6.45) is -25.6. The number of alkyl halides is 24. The van der Waals surface area contributed by atoms with Crippen LogP contribution in [0.15, 0.2) is 153 Å². The highest BCUT2D eigenvalue weighted by Crippen LogP contribution is 2.34. The lowest BCUT2D eigenvalue weighted by Crippen LogP contribution is -2.16. The van der Waals surface area contributed by atoms with Crippen LogP contribution in [0.3, 0.4) is 0 Å². The molecule has 1 N–H and O–H groups in total. The van der Waals surface area contributed by atoms with Crippen LogP contribution in [0.2, 0.25) is 0 Å². The maximum Gasteiger partial charge on any atom is 0.573 e. The Morgan fingerprint density at radius 3 is 1.03 bits per heavy atom. The van der Waals surface area contributed by atoms with Crippen molar-refractivity contribution in [1.29, 1.82) is 0 Å². The standard InChI is InChI=1S/2C8H7F3O.C8H7F3.2C7H6F3N.3C6H5F3N2.C6H8N2/c1-6-2-4-7(5-3-6)12-8(9,10)11;1-5-2-3-6(4-7(5)12)8(9,10)11;1-6-2-4-7(5-3-6)8(9,10)11;1-5-2-3-6(4-11-5)7(8,9)10;1-5-2-3-6(11-4-5)7(8,9)10;1-4-10-2-5(3-11-4)6(7,8)9;1-4-2-10-5(11-3-4)6(7,8)9;1-4-2-3-5(11-10-4)6(7,8)9;1-5-3-8-6(2)4-7-5/h2-5H,1H3;2-4,12H,1H3;2-5H,1H3;2*2-4H,1H3;3*2-3H,1H3;3-4H,1-2H3. The van der Waals surface area contributed by atoms with Gasteiger partial charge in [-0.05, 0) is 153 Å². The molecule has 0 aliphatic heterocycles. The minimum Gasteiger partial charge on any atom is -0.508 e. The molecule has 9 aromatic rings. The largest absolute Gasteiger partial charge is 0.573 e. The fraction of sp³-hybridized carbons (Fsp3) is 0.290. The molecule has 0 fully saturated rings. The van der Waals surface area contributed by atoms with Gasteiger partial charge in [0.05, 0.1) is 39.3 Å². The molecule has 0 bridgehead atoms. The zero-order valence-corrected chi connectivity index (χ0v) is 52.3. The Balaban J connectivity index is 0.000000552. The van der Waals surface area contributed by atoms with Crippen molar-refractivity contribution in [3.05, 3.63) is 249 Å². The SMILES string of the molecule is Cc1ccc(C(F)(F)F)cc1.Cc1ccc(C(F)(F)F)cc1O.Cc1ccc(C(F)(F)F)cn1.Cc1ccc(C(F)(F)F)nc1.Cc1ccc(C(F)(F)F)nn1.Cc1ccc(OC(F)(F)F)cc1.Cc1cnc(C(F)(F)F)nc1.Cc1cnc(C)cn1.Cc1ncc(C(F)(F)F)cn1. The van der Waals surface area contributed by atoms with Gasteiger partial charge in [0.1, 0.15) is 23.0 Å². The van der Waals surface area contributed by atoms with Crippen molar-refractivity contribution in [2.75, 3.05) is 0 Å². The average Bonchev–Trinajstić information content (AvgIpc) is 0.872. The topological polar surface area (TPSA) is 158 Å². The van der Waals surface area contributed by atoms with Crippen LogP contribution >= 0.6 is 0 Å². The molecule has 534 valence electrons. The van der Waals surface area contributed by atoms with Crippen LogP contribution in [0.5, 0.6) is 11.5 Å². The van der Waals surface area contributed by atoms with E-state index in [0.29, 0.717) is 28.3 Å². The molecular weight excluding hydrogens is 1370 g/mol. The Bertz CT molecular complexity index is 3260. The zero-order chi connectivity index (χ0) is 75.4. The van der Waals surface area contributed by atoms with Crippen LogP contribution in [-0.2, 0) is 43.2 Å². The van der Waals surface area contributed by atoms with Crippen molar-refractivity contribution >= 4 is 0 Å². The van der Waals surface area contributed by atoms with Gasteiger partial charge >= 0.3 is 49.6 Å². The van der Waals surface area contributed by atoms with Gasteiger partial charge in [-0.15, -0.1) is 18.3 Å². The summed E-state index contributed by atoms with van der Waals surface area (Å²) in [4.78, 5) is 27.8. The van der Waals surface area contributed by atoms with Gasteiger partial charge in [-0.3, -0.25) is 19.9 Å². The van der Waals surface area contributed by atoms with Crippen LogP contribution in [-0.4, -0.2) is 61.5 Å². The Morgan fingerprint density at radius 2 is 0.673 bits per heavy atom. The second kappa shape index (κ2) is 37.6. The lowest BCUT2D eigenvalue weighted by molar-refractivity contribution is -0.274. The highest BCUT2D eigenvalue weighted by atomic mass is 19.4. The summed E-state index contributed by atoms with van der Waals surface area (Å²) < 4.78 is 288. The molecule has 0 aliphatic carbocycles. The molecule has 0 aliphatic rings. The number of aryl methyl sites for hydroxylation is 10. The highest BCUT2D eigenvalue weighted by molar-refractivity contribution is 5.36. The summed E-state index contributed by atoms with van der Waals surface area (Å²) in [7, 11) is 0. The number of aromatic nitrogens is 10. The fourth-order valence-electron chi connectivity index (χ4n) is 5.62. The van der Waals surface area contributed by atoms with E-state index in [2.05, 4.69) is 54.8 Å². The molecule has 98 heavy (non-hydrogen) atoms. The predicted octanol–water partition coefficient (Wildman–Crippen LogP) is 19.9. The lowest BCUT2D eigenvalue weighted by Gasteiger charge is -2.08. The molecule has 3 aromatic carbocycles. The lowest BCUT2D eigenvalue weighted by atomic mass is 10.1. The van der Waals surface area contributed by atoms with E-state index in [0.717, 1.165) is 102 Å². The van der Waals surface area contributed by atoms with Gasteiger partial charge < -0.3 is 9.84 Å². The van der Waals surface area contributed by atoms with Crippen molar-refractivity contribution < 1.29 is 115 Å². The number of phenols is 1. The highest BCUT2D eigenvalue weighted by Gasteiger charge is 2.36. The fourth-order valence-corrected chi connectivity index (χ4v) is 5.62. The summed E-state index contributed by atoms with van der Waals surface area (Å²) in [5.41, 5.74) is 1.73. The maximum absolute atomic E-state index is 12.0. The number of hydrogen-bond acceptors (Lipinski definition) is 12. The molecule has 0 unspecified atom stereocenters. The van der Waals surface area contributed by atoms with Gasteiger partial charge in [-0.25, -0.2) is 19.9 Å². The number of nitrogens with zero attached hydrogens (tertiary/aromatic N) is 10. The van der Waals surface area contributed by atoms with E-state index >= 15 is 0 Å². The molecule has 12 nitrogen and oxygen atoms in total. The van der Waals surface area contributed by atoms with Gasteiger partial charge in [0.15, 0.2) is 5.69 Å².